The van der Waals surface area contributed by atoms with E-state index in [0.717, 1.165) is 23.4 Å². The molecule has 2 rings (SSSR count). The fraction of sp³-hybridized carbons (Fsp3) is 0.294. The Labute approximate surface area is 123 Å². The summed E-state index contributed by atoms with van der Waals surface area (Å²) < 4.78 is 31.6. The van der Waals surface area contributed by atoms with E-state index >= 15 is 0 Å². The number of benzene rings is 2. The zero-order valence-corrected chi connectivity index (χ0v) is 12.2. The summed E-state index contributed by atoms with van der Waals surface area (Å²) >= 11 is 0. The van der Waals surface area contributed by atoms with Gasteiger partial charge in [0.1, 0.15) is 5.75 Å². The van der Waals surface area contributed by atoms with Gasteiger partial charge in [0.15, 0.2) is 11.6 Å². The first-order valence-corrected chi connectivity index (χ1v) is 6.95. The molecule has 0 bridgehead atoms. The number of nitrogens with one attached hydrogen (secondary N) is 1. The van der Waals surface area contributed by atoms with Crippen molar-refractivity contribution in [3.8, 4) is 5.75 Å². The summed E-state index contributed by atoms with van der Waals surface area (Å²) in [7, 11) is 1.62. The minimum absolute atomic E-state index is 0.0231. The Morgan fingerprint density at radius 1 is 1.10 bits per heavy atom. The van der Waals surface area contributed by atoms with Gasteiger partial charge in [0.05, 0.1) is 7.11 Å². The third-order valence-electron chi connectivity index (χ3n) is 3.37. The second-order valence-corrected chi connectivity index (χ2v) is 4.84. The molecule has 1 atom stereocenters. The molecule has 21 heavy (non-hydrogen) atoms. The number of ether oxygens (including phenoxy) is 1. The van der Waals surface area contributed by atoms with Crippen molar-refractivity contribution in [1.82, 2.24) is 5.32 Å². The van der Waals surface area contributed by atoms with E-state index in [4.69, 9.17) is 4.74 Å². The molecule has 0 radical (unpaired) electrons. The van der Waals surface area contributed by atoms with Gasteiger partial charge in [-0.25, -0.2) is 8.78 Å². The summed E-state index contributed by atoms with van der Waals surface area (Å²) in [4.78, 5) is 0. The number of methoxy groups -OCH3 is 1. The van der Waals surface area contributed by atoms with Gasteiger partial charge in [-0.1, -0.05) is 25.1 Å². The number of hydrogen-bond acceptors (Lipinski definition) is 2. The third-order valence-corrected chi connectivity index (χ3v) is 3.37. The van der Waals surface area contributed by atoms with Crippen molar-refractivity contribution < 1.29 is 13.5 Å². The molecule has 2 aromatic carbocycles. The molecule has 2 aromatic rings. The highest BCUT2D eigenvalue weighted by atomic mass is 19.2. The fourth-order valence-corrected chi connectivity index (χ4v) is 2.31. The zero-order valence-electron chi connectivity index (χ0n) is 12.2. The van der Waals surface area contributed by atoms with Gasteiger partial charge >= 0.3 is 0 Å². The first-order chi connectivity index (χ1) is 10.1. The third kappa shape index (κ3) is 4.02. The highest BCUT2D eigenvalue weighted by Crippen LogP contribution is 2.23. The molecule has 1 unspecified atom stereocenters. The lowest BCUT2D eigenvalue weighted by Gasteiger charge is -2.19. The molecule has 0 saturated carbocycles. The van der Waals surface area contributed by atoms with Crippen molar-refractivity contribution in [2.75, 3.05) is 13.7 Å². The van der Waals surface area contributed by atoms with Crippen molar-refractivity contribution in [3.63, 3.8) is 0 Å². The lowest BCUT2D eigenvalue weighted by molar-refractivity contribution is 0.413. The molecule has 112 valence electrons. The Morgan fingerprint density at radius 2 is 1.90 bits per heavy atom. The molecule has 0 heterocycles. The summed E-state index contributed by atoms with van der Waals surface area (Å²) in [6.45, 7) is 2.80. The van der Waals surface area contributed by atoms with Gasteiger partial charge in [0, 0.05) is 6.04 Å². The average Bonchev–Trinajstić information content (AvgIpc) is 2.50. The molecule has 2 nitrogen and oxygen atoms in total. The van der Waals surface area contributed by atoms with E-state index in [0.29, 0.717) is 6.42 Å². The first kappa shape index (κ1) is 15.4. The number of hydrogen-bond donors (Lipinski definition) is 1. The normalized spacial score (nSPS) is 12.2. The van der Waals surface area contributed by atoms with E-state index in [1.165, 1.54) is 12.1 Å². The molecule has 0 spiro atoms. The van der Waals surface area contributed by atoms with Gasteiger partial charge in [-0.05, 0) is 48.4 Å². The fourth-order valence-electron chi connectivity index (χ4n) is 2.31. The molecule has 0 saturated heterocycles. The summed E-state index contributed by atoms with van der Waals surface area (Å²) in [5.41, 5.74) is 1.81. The minimum atomic E-state index is -0.819. The lowest BCUT2D eigenvalue weighted by atomic mass is 9.98. The predicted molar refractivity (Wildman–Crippen MR) is 79.5 cm³/mol. The van der Waals surface area contributed by atoms with Crippen LogP contribution < -0.4 is 10.1 Å². The second kappa shape index (κ2) is 7.18. The highest BCUT2D eigenvalue weighted by molar-refractivity contribution is 5.32. The van der Waals surface area contributed by atoms with Gasteiger partial charge in [0.2, 0.25) is 0 Å². The molecule has 0 fully saturated rings. The van der Waals surface area contributed by atoms with Crippen molar-refractivity contribution >= 4 is 0 Å². The zero-order chi connectivity index (χ0) is 15.2. The number of rotatable bonds is 6. The van der Waals surface area contributed by atoms with E-state index in [2.05, 4.69) is 5.32 Å². The van der Waals surface area contributed by atoms with Crippen LogP contribution in [0.2, 0.25) is 0 Å². The van der Waals surface area contributed by atoms with Gasteiger partial charge < -0.3 is 10.1 Å². The SMILES string of the molecule is CCNC(Cc1ccc(F)c(F)c1)c1cccc(OC)c1. The van der Waals surface area contributed by atoms with Gasteiger partial charge in [-0.15, -0.1) is 0 Å². The maximum absolute atomic E-state index is 13.3. The molecular weight excluding hydrogens is 272 g/mol. The van der Waals surface area contributed by atoms with E-state index in [9.17, 15) is 8.78 Å². The molecule has 0 aliphatic heterocycles. The van der Waals surface area contributed by atoms with Crippen molar-refractivity contribution in [1.29, 1.82) is 0 Å². The van der Waals surface area contributed by atoms with Crippen molar-refractivity contribution in [2.45, 2.75) is 19.4 Å². The van der Waals surface area contributed by atoms with Crippen LogP contribution in [0.3, 0.4) is 0 Å². The molecule has 0 aliphatic rings. The first-order valence-electron chi connectivity index (χ1n) is 6.95. The average molecular weight is 291 g/mol. The Hall–Kier alpha value is -1.94. The Balaban J connectivity index is 2.23. The van der Waals surface area contributed by atoms with Crippen LogP contribution in [-0.2, 0) is 6.42 Å². The topological polar surface area (TPSA) is 21.3 Å². The van der Waals surface area contributed by atoms with Crippen molar-refractivity contribution in [2.24, 2.45) is 0 Å². The van der Waals surface area contributed by atoms with Crippen LogP contribution in [0.5, 0.6) is 5.75 Å². The Kier molecular flexibility index (Phi) is 5.28. The lowest BCUT2D eigenvalue weighted by Crippen LogP contribution is -2.23. The molecule has 0 aliphatic carbocycles. The molecular formula is C17H19F2NO. The van der Waals surface area contributed by atoms with E-state index in [1.54, 1.807) is 13.2 Å². The minimum Gasteiger partial charge on any atom is -0.497 e. The highest BCUT2D eigenvalue weighted by Gasteiger charge is 2.13. The van der Waals surface area contributed by atoms with Crippen LogP contribution in [0, 0.1) is 11.6 Å². The van der Waals surface area contributed by atoms with Crippen LogP contribution in [-0.4, -0.2) is 13.7 Å². The molecule has 1 N–H and O–H groups in total. The smallest absolute Gasteiger partial charge is 0.159 e. The van der Waals surface area contributed by atoms with Crippen LogP contribution in [0.25, 0.3) is 0 Å². The molecule has 4 heteroatoms. The summed E-state index contributed by atoms with van der Waals surface area (Å²) in [5, 5.41) is 3.36. The number of halogens is 2. The van der Waals surface area contributed by atoms with E-state index < -0.39 is 11.6 Å². The van der Waals surface area contributed by atoms with Crippen molar-refractivity contribution in [3.05, 3.63) is 65.2 Å². The number of likely N-dealkylation sites (N-methyl/N-ethyl adjacent to an activating group) is 1. The summed E-state index contributed by atoms with van der Waals surface area (Å²) in [6.07, 6.45) is 0.582. The summed E-state index contributed by atoms with van der Waals surface area (Å²) in [6, 6.07) is 11.8. The van der Waals surface area contributed by atoms with Crippen LogP contribution in [0.4, 0.5) is 8.78 Å². The predicted octanol–water partition coefficient (Wildman–Crippen LogP) is 3.87. The monoisotopic (exact) mass is 291 g/mol. The second-order valence-electron chi connectivity index (χ2n) is 4.84. The molecule has 0 aromatic heterocycles. The maximum atomic E-state index is 13.3. The van der Waals surface area contributed by atoms with Crippen LogP contribution in [0.1, 0.15) is 24.1 Å². The summed E-state index contributed by atoms with van der Waals surface area (Å²) in [5.74, 6) is -0.853. The van der Waals surface area contributed by atoms with Crippen LogP contribution >= 0.6 is 0 Å². The van der Waals surface area contributed by atoms with Gasteiger partial charge in [-0.2, -0.15) is 0 Å². The largest absolute Gasteiger partial charge is 0.497 e. The quantitative estimate of drug-likeness (QED) is 0.872. The Morgan fingerprint density at radius 3 is 2.57 bits per heavy atom. The standard InChI is InChI=1S/C17H19F2NO/c1-3-20-17(13-5-4-6-14(11-13)21-2)10-12-7-8-15(18)16(19)9-12/h4-9,11,17,20H,3,10H2,1-2H3. The maximum Gasteiger partial charge on any atom is 0.159 e. The van der Waals surface area contributed by atoms with E-state index in [1.807, 2.05) is 31.2 Å². The Bertz CT molecular complexity index is 601. The molecule has 0 amide bonds. The van der Waals surface area contributed by atoms with Gasteiger partial charge in [-0.3, -0.25) is 0 Å². The van der Waals surface area contributed by atoms with Crippen LogP contribution in [0.15, 0.2) is 42.5 Å². The van der Waals surface area contributed by atoms with Gasteiger partial charge in [0.25, 0.3) is 0 Å². The van der Waals surface area contributed by atoms with E-state index in [-0.39, 0.29) is 6.04 Å².